The number of thioether (sulfide) groups is 1. The smallest absolute Gasteiger partial charge is 0.339 e. The third-order valence-corrected chi connectivity index (χ3v) is 2.84. The number of aliphatic hydroxyl groups is 1. The number of phenolic OH excluding ortho intramolecular Hbond substituents is 1. The molecule has 0 spiro atoms. The lowest BCUT2D eigenvalue weighted by Gasteiger charge is -2.14. The number of aliphatic hydroxyl groups excluding tert-OH is 1. The van der Waals surface area contributed by atoms with Gasteiger partial charge in [-0.05, 0) is 25.3 Å². The molecule has 88 valence electrons. The van der Waals surface area contributed by atoms with Gasteiger partial charge in [-0.1, -0.05) is 6.07 Å². The van der Waals surface area contributed by atoms with Crippen LogP contribution in [-0.2, 0) is 9.53 Å². The van der Waals surface area contributed by atoms with Crippen molar-refractivity contribution in [3.8, 4) is 5.75 Å². The molecule has 0 aromatic heterocycles. The summed E-state index contributed by atoms with van der Waals surface area (Å²) >= 11 is 1.35. The van der Waals surface area contributed by atoms with Crippen molar-refractivity contribution in [1.82, 2.24) is 0 Å². The van der Waals surface area contributed by atoms with Crippen molar-refractivity contribution in [2.24, 2.45) is 0 Å². The quantitative estimate of drug-likeness (QED) is 0.621. The van der Waals surface area contributed by atoms with Gasteiger partial charge in [0.2, 0.25) is 0 Å². The van der Waals surface area contributed by atoms with E-state index in [2.05, 4.69) is 0 Å². The molecule has 0 radical (unpaired) electrons. The summed E-state index contributed by atoms with van der Waals surface area (Å²) < 4.78 is 4.70. The molecule has 0 aliphatic rings. The SMILES string of the molecule is CCOC(=O)C(O)c1c(O)cccc1SC. The first-order valence-corrected chi connectivity index (χ1v) is 6.04. The van der Waals surface area contributed by atoms with E-state index >= 15 is 0 Å². The van der Waals surface area contributed by atoms with Crippen molar-refractivity contribution in [1.29, 1.82) is 0 Å². The van der Waals surface area contributed by atoms with Gasteiger partial charge in [-0.3, -0.25) is 0 Å². The molecule has 1 atom stereocenters. The minimum Gasteiger partial charge on any atom is -0.508 e. The Morgan fingerprint density at radius 3 is 2.81 bits per heavy atom. The Morgan fingerprint density at radius 2 is 2.25 bits per heavy atom. The summed E-state index contributed by atoms with van der Waals surface area (Å²) in [6.45, 7) is 1.85. The van der Waals surface area contributed by atoms with E-state index in [1.54, 1.807) is 25.3 Å². The standard InChI is InChI=1S/C11H14O4S/c1-3-15-11(14)10(13)9-7(12)5-4-6-8(9)16-2/h4-6,10,12-13H,3H2,1-2H3. The molecule has 0 saturated carbocycles. The Morgan fingerprint density at radius 1 is 1.56 bits per heavy atom. The molecule has 0 bridgehead atoms. The molecule has 0 aliphatic carbocycles. The third kappa shape index (κ3) is 2.68. The van der Waals surface area contributed by atoms with Gasteiger partial charge < -0.3 is 14.9 Å². The number of rotatable bonds is 4. The molecule has 1 aromatic carbocycles. The second-order valence-corrected chi connectivity index (χ2v) is 3.90. The first-order chi connectivity index (χ1) is 7.61. The van der Waals surface area contributed by atoms with E-state index in [0.717, 1.165) is 0 Å². The monoisotopic (exact) mass is 242 g/mol. The first kappa shape index (κ1) is 12.9. The summed E-state index contributed by atoms with van der Waals surface area (Å²) in [6.07, 6.45) is 0.361. The van der Waals surface area contributed by atoms with Gasteiger partial charge in [-0.15, -0.1) is 11.8 Å². The highest BCUT2D eigenvalue weighted by Crippen LogP contribution is 2.33. The highest BCUT2D eigenvalue weighted by atomic mass is 32.2. The molecule has 1 aromatic rings. The predicted molar refractivity (Wildman–Crippen MR) is 61.5 cm³/mol. The molecule has 0 saturated heterocycles. The van der Waals surface area contributed by atoms with Crippen molar-refractivity contribution in [3.05, 3.63) is 23.8 Å². The Kier molecular flexibility index (Phi) is 4.64. The van der Waals surface area contributed by atoms with Crippen LogP contribution in [0.1, 0.15) is 18.6 Å². The molecular formula is C11H14O4S. The number of benzene rings is 1. The fourth-order valence-electron chi connectivity index (χ4n) is 1.32. The predicted octanol–water partition coefficient (Wildman–Crippen LogP) is 1.71. The van der Waals surface area contributed by atoms with Crippen LogP contribution in [0.2, 0.25) is 0 Å². The van der Waals surface area contributed by atoms with E-state index in [4.69, 9.17) is 4.74 Å². The number of ether oxygens (including phenoxy) is 1. The number of carbonyl (C=O) groups is 1. The van der Waals surface area contributed by atoms with Crippen LogP contribution in [0.5, 0.6) is 5.75 Å². The minimum absolute atomic E-state index is 0.104. The van der Waals surface area contributed by atoms with Gasteiger partial charge in [0.15, 0.2) is 6.10 Å². The van der Waals surface area contributed by atoms with E-state index < -0.39 is 12.1 Å². The van der Waals surface area contributed by atoms with Crippen LogP contribution in [0.3, 0.4) is 0 Å². The summed E-state index contributed by atoms with van der Waals surface area (Å²) in [5.41, 5.74) is 0.202. The van der Waals surface area contributed by atoms with Gasteiger partial charge in [0.05, 0.1) is 6.61 Å². The molecule has 2 N–H and O–H groups in total. The second-order valence-electron chi connectivity index (χ2n) is 3.05. The highest BCUT2D eigenvalue weighted by molar-refractivity contribution is 7.98. The van der Waals surface area contributed by atoms with Crippen LogP contribution in [0.15, 0.2) is 23.1 Å². The van der Waals surface area contributed by atoms with Gasteiger partial charge in [0, 0.05) is 10.5 Å². The molecule has 0 heterocycles. The van der Waals surface area contributed by atoms with Crippen LogP contribution in [0.4, 0.5) is 0 Å². The normalized spacial score (nSPS) is 12.2. The summed E-state index contributed by atoms with van der Waals surface area (Å²) in [4.78, 5) is 12.0. The van der Waals surface area contributed by atoms with E-state index in [9.17, 15) is 15.0 Å². The van der Waals surface area contributed by atoms with Crippen molar-refractivity contribution in [3.63, 3.8) is 0 Å². The molecule has 4 nitrogen and oxygen atoms in total. The van der Waals surface area contributed by atoms with Crippen molar-refractivity contribution >= 4 is 17.7 Å². The number of hydrogen-bond acceptors (Lipinski definition) is 5. The van der Waals surface area contributed by atoms with Crippen molar-refractivity contribution < 1.29 is 19.7 Å². The van der Waals surface area contributed by atoms with Crippen LogP contribution in [0, 0.1) is 0 Å². The Balaban J connectivity index is 3.06. The highest BCUT2D eigenvalue weighted by Gasteiger charge is 2.24. The van der Waals surface area contributed by atoms with Crippen LogP contribution < -0.4 is 0 Å². The molecule has 0 aliphatic heterocycles. The van der Waals surface area contributed by atoms with Crippen LogP contribution >= 0.6 is 11.8 Å². The summed E-state index contributed by atoms with van der Waals surface area (Å²) in [6, 6.07) is 4.81. The van der Waals surface area contributed by atoms with Crippen LogP contribution in [0.25, 0.3) is 0 Å². The third-order valence-electron chi connectivity index (χ3n) is 2.05. The number of esters is 1. The minimum atomic E-state index is -1.44. The molecule has 1 rings (SSSR count). The van der Waals surface area contributed by atoms with E-state index in [0.29, 0.717) is 4.90 Å². The Bertz CT molecular complexity index is 378. The zero-order valence-corrected chi connectivity index (χ0v) is 9.95. The fraction of sp³-hybridized carbons (Fsp3) is 0.364. The molecular weight excluding hydrogens is 228 g/mol. The maximum absolute atomic E-state index is 11.4. The summed E-state index contributed by atoms with van der Waals surface area (Å²) in [5.74, 6) is -0.855. The van der Waals surface area contributed by atoms with Crippen molar-refractivity contribution in [2.75, 3.05) is 12.9 Å². The zero-order chi connectivity index (χ0) is 12.1. The lowest BCUT2D eigenvalue weighted by molar-refractivity contribution is -0.153. The first-order valence-electron chi connectivity index (χ1n) is 4.82. The lowest BCUT2D eigenvalue weighted by Crippen LogP contribution is -2.16. The van der Waals surface area contributed by atoms with Crippen molar-refractivity contribution in [2.45, 2.75) is 17.9 Å². The molecule has 0 amide bonds. The molecule has 5 heteroatoms. The van der Waals surface area contributed by atoms with E-state index in [1.165, 1.54) is 17.8 Å². The topological polar surface area (TPSA) is 66.8 Å². The average molecular weight is 242 g/mol. The summed E-state index contributed by atoms with van der Waals surface area (Å²) in [5, 5.41) is 19.4. The Labute approximate surface area is 98.2 Å². The number of aromatic hydroxyl groups is 1. The number of hydrogen-bond donors (Lipinski definition) is 2. The largest absolute Gasteiger partial charge is 0.508 e. The fourth-order valence-corrected chi connectivity index (χ4v) is 1.98. The Hall–Kier alpha value is -1.20. The van der Waals surface area contributed by atoms with Gasteiger partial charge in [-0.25, -0.2) is 4.79 Å². The number of phenols is 1. The molecule has 1 unspecified atom stereocenters. The molecule has 16 heavy (non-hydrogen) atoms. The maximum Gasteiger partial charge on any atom is 0.339 e. The van der Waals surface area contributed by atoms with E-state index in [1.807, 2.05) is 0 Å². The van der Waals surface area contributed by atoms with Crippen LogP contribution in [-0.4, -0.2) is 29.0 Å². The lowest BCUT2D eigenvalue weighted by atomic mass is 10.1. The zero-order valence-electron chi connectivity index (χ0n) is 9.14. The number of carbonyl (C=O) groups excluding carboxylic acids is 1. The van der Waals surface area contributed by atoms with Gasteiger partial charge in [0.25, 0.3) is 0 Å². The summed E-state index contributed by atoms with van der Waals surface area (Å²) in [7, 11) is 0. The van der Waals surface area contributed by atoms with E-state index in [-0.39, 0.29) is 17.9 Å². The van der Waals surface area contributed by atoms with Gasteiger partial charge in [0.1, 0.15) is 5.75 Å². The van der Waals surface area contributed by atoms with Gasteiger partial charge >= 0.3 is 5.97 Å². The molecule has 0 fully saturated rings. The average Bonchev–Trinajstić information content (AvgIpc) is 2.28. The van der Waals surface area contributed by atoms with Gasteiger partial charge in [-0.2, -0.15) is 0 Å². The second kappa shape index (κ2) is 5.77. The maximum atomic E-state index is 11.4.